The van der Waals surface area contributed by atoms with Gasteiger partial charge in [0.25, 0.3) is 0 Å². The minimum Gasteiger partial charge on any atom is -0.365 e. The zero-order valence-corrected chi connectivity index (χ0v) is 11.7. The molecule has 1 N–H and O–H groups in total. The molecule has 2 aromatic heterocycles. The third-order valence-electron chi connectivity index (χ3n) is 3.09. The van der Waals surface area contributed by atoms with Gasteiger partial charge in [-0.2, -0.15) is 0 Å². The molecule has 0 saturated heterocycles. The molecule has 2 heterocycles. The van der Waals surface area contributed by atoms with Crippen molar-refractivity contribution < 1.29 is 4.39 Å². The van der Waals surface area contributed by atoms with Crippen LogP contribution in [0.25, 0.3) is 16.7 Å². The Bertz CT molecular complexity index is 778. The first kappa shape index (κ1) is 12.8. The van der Waals surface area contributed by atoms with E-state index >= 15 is 0 Å². The smallest absolute Gasteiger partial charge is 0.204 e. The van der Waals surface area contributed by atoms with Crippen molar-refractivity contribution >= 4 is 22.5 Å². The SMILES string of the molecule is CCc1nnc2c(NC(C)C)nc3ccc(F)cc3n12. The average molecular weight is 273 g/mol. The number of anilines is 1. The number of hydrogen-bond acceptors (Lipinski definition) is 4. The van der Waals surface area contributed by atoms with Crippen LogP contribution in [0.1, 0.15) is 26.6 Å². The Labute approximate surface area is 115 Å². The standard InChI is InChI=1S/C14H16FN5/c1-4-12-18-19-14-13(16-8(2)3)17-10-6-5-9(15)7-11(10)20(12)14/h5-8H,4H2,1-3H3,(H,16,17). The molecule has 0 aliphatic rings. The lowest BCUT2D eigenvalue weighted by Gasteiger charge is -2.12. The number of halogens is 1. The maximum absolute atomic E-state index is 13.5. The molecule has 0 bridgehead atoms. The molecule has 20 heavy (non-hydrogen) atoms. The summed E-state index contributed by atoms with van der Waals surface area (Å²) >= 11 is 0. The average Bonchev–Trinajstić information content (AvgIpc) is 2.83. The van der Waals surface area contributed by atoms with Crippen LogP contribution in [-0.4, -0.2) is 25.6 Å². The molecule has 1 aromatic carbocycles. The Morgan fingerprint density at radius 3 is 2.80 bits per heavy atom. The lowest BCUT2D eigenvalue weighted by atomic mass is 10.2. The molecule has 0 aliphatic heterocycles. The van der Waals surface area contributed by atoms with Crippen LogP contribution >= 0.6 is 0 Å². The number of aryl methyl sites for hydroxylation is 1. The largest absolute Gasteiger partial charge is 0.365 e. The van der Waals surface area contributed by atoms with Gasteiger partial charge >= 0.3 is 0 Å². The maximum atomic E-state index is 13.5. The summed E-state index contributed by atoms with van der Waals surface area (Å²) in [6.07, 6.45) is 0.720. The number of nitrogens with zero attached hydrogens (tertiary/aromatic N) is 4. The second-order valence-corrected chi connectivity index (χ2v) is 5.02. The van der Waals surface area contributed by atoms with Crippen molar-refractivity contribution in [3.63, 3.8) is 0 Å². The molecular formula is C14H16FN5. The number of rotatable bonds is 3. The van der Waals surface area contributed by atoms with Crippen LogP contribution in [0.3, 0.4) is 0 Å². The van der Waals surface area contributed by atoms with Crippen molar-refractivity contribution in [1.82, 2.24) is 19.6 Å². The lowest BCUT2D eigenvalue weighted by Crippen LogP contribution is -2.13. The number of benzene rings is 1. The van der Waals surface area contributed by atoms with Crippen LogP contribution in [0.15, 0.2) is 18.2 Å². The van der Waals surface area contributed by atoms with Crippen molar-refractivity contribution in [3.8, 4) is 0 Å². The van der Waals surface area contributed by atoms with Crippen LogP contribution in [0.5, 0.6) is 0 Å². The van der Waals surface area contributed by atoms with E-state index in [4.69, 9.17) is 0 Å². The van der Waals surface area contributed by atoms with Crippen molar-refractivity contribution in [2.24, 2.45) is 0 Å². The Morgan fingerprint density at radius 2 is 2.10 bits per heavy atom. The van der Waals surface area contributed by atoms with Gasteiger partial charge in [0.15, 0.2) is 5.82 Å². The van der Waals surface area contributed by atoms with E-state index in [1.807, 2.05) is 25.2 Å². The highest BCUT2D eigenvalue weighted by molar-refractivity contribution is 5.83. The van der Waals surface area contributed by atoms with E-state index in [1.54, 1.807) is 6.07 Å². The summed E-state index contributed by atoms with van der Waals surface area (Å²) in [6, 6.07) is 4.79. The molecule has 3 aromatic rings. The van der Waals surface area contributed by atoms with Gasteiger partial charge in [0.05, 0.1) is 11.0 Å². The first-order chi connectivity index (χ1) is 9.60. The fraction of sp³-hybridized carbons (Fsp3) is 0.357. The molecule has 0 aliphatic carbocycles. The third kappa shape index (κ3) is 1.97. The first-order valence-electron chi connectivity index (χ1n) is 6.70. The van der Waals surface area contributed by atoms with E-state index in [0.29, 0.717) is 17.0 Å². The molecule has 104 valence electrons. The second kappa shape index (κ2) is 4.70. The predicted molar refractivity (Wildman–Crippen MR) is 76.4 cm³/mol. The molecule has 0 saturated carbocycles. The Balaban J connectivity index is 2.40. The first-order valence-corrected chi connectivity index (χ1v) is 6.70. The van der Waals surface area contributed by atoms with Gasteiger partial charge in [-0.15, -0.1) is 10.2 Å². The van der Waals surface area contributed by atoms with Gasteiger partial charge < -0.3 is 5.32 Å². The minimum absolute atomic E-state index is 0.228. The van der Waals surface area contributed by atoms with E-state index in [1.165, 1.54) is 12.1 Å². The summed E-state index contributed by atoms with van der Waals surface area (Å²) in [5, 5.41) is 11.6. The van der Waals surface area contributed by atoms with Gasteiger partial charge in [0.2, 0.25) is 5.65 Å². The lowest BCUT2D eigenvalue weighted by molar-refractivity contribution is 0.629. The summed E-state index contributed by atoms with van der Waals surface area (Å²) < 4.78 is 15.4. The van der Waals surface area contributed by atoms with Crippen molar-refractivity contribution in [2.75, 3.05) is 5.32 Å². The van der Waals surface area contributed by atoms with Gasteiger partial charge in [-0.3, -0.25) is 4.40 Å². The van der Waals surface area contributed by atoms with E-state index in [0.717, 1.165) is 17.8 Å². The van der Waals surface area contributed by atoms with Crippen molar-refractivity contribution in [1.29, 1.82) is 0 Å². The molecular weight excluding hydrogens is 257 g/mol. The van der Waals surface area contributed by atoms with Crippen molar-refractivity contribution in [3.05, 3.63) is 29.8 Å². The molecule has 5 nitrogen and oxygen atoms in total. The highest BCUT2D eigenvalue weighted by atomic mass is 19.1. The van der Waals surface area contributed by atoms with Gasteiger partial charge in [0.1, 0.15) is 11.6 Å². The fourth-order valence-corrected chi connectivity index (χ4v) is 2.26. The molecule has 0 amide bonds. The van der Waals surface area contributed by atoms with Crippen molar-refractivity contribution in [2.45, 2.75) is 33.2 Å². The fourth-order valence-electron chi connectivity index (χ4n) is 2.26. The molecule has 3 rings (SSSR count). The molecule has 0 fully saturated rings. The quantitative estimate of drug-likeness (QED) is 0.797. The van der Waals surface area contributed by atoms with Crippen LogP contribution in [0, 0.1) is 5.82 Å². The molecule has 0 unspecified atom stereocenters. The molecule has 0 radical (unpaired) electrons. The van der Waals surface area contributed by atoms with E-state index in [9.17, 15) is 4.39 Å². The zero-order valence-electron chi connectivity index (χ0n) is 11.7. The van der Waals surface area contributed by atoms with Gasteiger partial charge in [-0.25, -0.2) is 9.37 Å². The number of fused-ring (bicyclic) bond motifs is 3. The summed E-state index contributed by atoms with van der Waals surface area (Å²) in [5.41, 5.74) is 2.04. The summed E-state index contributed by atoms with van der Waals surface area (Å²) in [4.78, 5) is 4.53. The van der Waals surface area contributed by atoms with Crippen LogP contribution < -0.4 is 5.32 Å². The van der Waals surface area contributed by atoms with Crippen LogP contribution in [0.4, 0.5) is 10.2 Å². The normalized spacial score (nSPS) is 11.7. The van der Waals surface area contributed by atoms with Crippen LogP contribution in [-0.2, 0) is 6.42 Å². The summed E-state index contributed by atoms with van der Waals surface area (Å²) in [5.74, 6) is 1.18. The molecule has 0 spiro atoms. The Hall–Kier alpha value is -2.24. The summed E-state index contributed by atoms with van der Waals surface area (Å²) in [6.45, 7) is 6.06. The van der Waals surface area contributed by atoms with Crippen LogP contribution in [0.2, 0.25) is 0 Å². The van der Waals surface area contributed by atoms with Gasteiger partial charge in [-0.05, 0) is 26.0 Å². The second-order valence-electron chi connectivity index (χ2n) is 5.02. The molecule has 6 heteroatoms. The van der Waals surface area contributed by atoms with E-state index in [2.05, 4.69) is 20.5 Å². The number of nitrogens with one attached hydrogen (secondary N) is 1. The minimum atomic E-state index is -0.291. The molecule has 0 atom stereocenters. The topological polar surface area (TPSA) is 55.1 Å². The number of aromatic nitrogens is 4. The highest BCUT2D eigenvalue weighted by Crippen LogP contribution is 2.23. The van der Waals surface area contributed by atoms with Gasteiger partial charge in [0, 0.05) is 18.5 Å². The third-order valence-corrected chi connectivity index (χ3v) is 3.09. The number of hydrogen-bond donors (Lipinski definition) is 1. The van der Waals surface area contributed by atoms with Gasteiger partial charge in [-0.1, -0.05) is 6.92 Å². The van der Waals surface area contributed by atoms with E-state index in [-0.39, 0.29) is 11.9 Å². The summed E-state index contributed by atoms with van der Waals surface area (Å²) in [7, 11) is 0. The zero-order chi connectivity index (χ0) is 14.3. The Kier molecular flexibility index (Phi) is 3.00. The maximum Gasteiger partial charge on any atom is 0.204 e. The predicted octanol–water partition coefficient (Wildman–Crippen LogP) is 2.80. The monoisotopic (exact) mass is 273 g/mol. The van der Waals surface area contributed by atoms with E-state index < -0.39 is 0 Å². The highest BCUT2D eigenvalue weighted by Gasteiger charge is 2.15. The Morgan fingerprint density at radius 1 is 1.30 bits per heavy atom.